The van der Waals surface area contributed by atoms with Crippen LogP contribution < -0.4 is 9.62 Å². The second-order valence-electron chi connectivity index (χ2n) is 8.47. The van der Waals surface area contributed by atoms with E-state index in [0.29, 0.717) is 27.5 Å². The Balaban J connectivity index is 1.35. The molecule has 1 aliphatic rings. The number of sulfonamides is 1. The second kappa shape index (κ2) is 10.0. The molecule has 8 heteroatoms. The first-order chi connectivity index (χ1) is 17.3. The maximum Gasteiger partial charge on any atom is 0.265 e. The minimum absolute atomic E-state index is 0.156. The van der Waals surface area contributed by atoms with Crippen molar-refractivity contribution in [2.75, 3.05) is 16.2 Å². The maximum absolute atomic E-state index is 13.5. The quantitative estimate of drug-likeness (QED) is 0.278. The zero-order chi connectivity index (χ0) is 25.3. The summed E-state index contributed by atoms with van der Waals surface area (Å²) in [4.78, 5) is 14.4. The predicted octanol–water partition coefficient (Wildman–Crippen LogP) is 6.76. The number of thioether (sulfide) groups is 1. The van der Waals surface area contributed by atoms with E-state index in [-0.39, 0.29) is 11.4 Å². The molecule has 0 aliphatic carbocycles. The largest absolute Gasteiger partial charge is 0.324 e. The molecule has 4 aromatic rings. The lowest BCUT2D eigenvalue weighted by atomic mass is 10.0. The van der Waals surface area contributed by atoms with Crippen molar-refractivity contribution in [1.82, 2.24) is 0 Å². The van der Waals surface area contributed by atoms with Crippen LogP contribution in [0.25, 0.3) is 11.1 Å². The van der Waals surface area contributed by atoms with Crippen molar-refractivity contribution in [2.24, 2.45) is 0 Å². The highest BCUT2D eigenvalue weighted by Gasteiger charge is 2.36. The van der Waals surface area contributed by atoms with Crippen molar-refractivity contribution in [3.63, 3.8) is 0 Å². The fourth-order valence-corrected chi connectivity index (χ4v) is 6.92. The Labute approximate surface area is 220 Å². The molecule has 0 saturated heterocycles. The van der Waals surface area contributed by atoms with Crippen LogP contribution in [0, 0.1) is 6.92 Å². The van der Waals surface area contributed by atoms with Gasteiger partial charge in [-0.3, -0.25) is 9.10 Å². The summed E-state index contributed by atoms with van der Waals surface area (Å²) >= 11 is 7.96. The Morgan fingerprint density at radius 3 is 2.44 bits per heavy atom. The third-order valence-electron chi connectivity index (χ3n) is 5.97. The first kappa shape index (κ1) is 24.4. The molecule has 0 fully saturated rings. The van der Waals surface area contributed by atoms with Crippen molar-refractivity contribution in [2.45, 2.75) is 22.5 Å². The third kappa shape index (κ3) is 4.87. The van der Waals surface area contributed by atoms with E-state index in [2.05, 4.69) is 17.4 Å². The number of aryl methyl sites for hydroxylation is 1. The summed E-state index contributed by atoms with van der Waals surface area (Å²) < 4.78 is 28.1. The highest BCUT2D eigenvalue weighted by Crippen LogP contribution is 2.43. The zero-order valence-corrected chi connectivity index (χ0v) is 21.8. The SMILES string of the molecule is Cc1cc(CSc2ccccc2)ccc1NC(=O)CN1c2ccc(Cl)cc2-c2ccccc2S1(=O)=O. The number of carbonyl (C=O) groups is 1. The van der Waals surface area contributed by atoms with Crippen LogP contribution in [-0.4, -0.2) is 20.9 Å². The van der Waals surface area contributed by atoms with Crippen LogP contribution in [0.3, 0.4) is 0 Å². The molecule has 0 saturated carbocycles. The predicted molar refractivity (Wildman–Crippen MR) is 147 cm³/mol. The van der Waals surface area contributed by atoms with Gasteiger partial charge in [0.25, 0.3) is 10.0 Å². The van der Waals surface area contributed by atoms with Gasteiger partial charge < -0.3 is 5.32 Å². The van der Waals surface area contributed by atoms with Crippen LogP contribution in [-0.2, 0) is 20.6 Å². The number of carbonyl (C=O) groups excluding carboxylic acids is 1. The van der Waals surface area contributed by atoms with E-state index in [1.807, 2.05) is 43.3 Å². The van der Waals surface area contributed by atoms with E-state index in [4.69, 9.17) is 11.6 Å². The van der Waals surface area contributed by atoms with E-state index >= 15 is 0 Å². The molecule has 0 aromatic heterocycles. The number of nitrogens with zero attached hydrogens (tertiary/aromatic N) is 1. The lowest BCUT2D eigenvalue weighted by Gasteiger charge is -2.31. The van der Waals surface area contributed by atoms with Gasteiger partial charge in [0.1, 0.15) is 6.54 Å². The minimum atomic E-state index is -3.92. The van der Waals surface area contributed by atoms with Crippen molar-refractivity contribution in [3.8, 4) is 11.1 Å². The molecule has 5 nitrogen and oxygen atoms in total. The molecule has 5 rings (SSSR count). The summed E-state index contributed by atoms with van der Waals surface area (Å²) in [5.41, 5.74) is 4.38. The maximum atomic E-state index is 13.5. The van der Waals surface area contributed by atoms with Gasteiger partial charge in [0.2, 0.25) is 5.91 Å². The Kier molecular flexibility index (Phi) is 6.79. The number of anilines is 2. The first-order valence-corrected chi connectivity index (χ1v) is 14.1. The molecular formula is C28H23ClN2O3S2. The van der Waals surface area contributed by atoms with Crippen LogP contribution in [0.4, 0.5) is 11.4 Å². The summed E-state index contributed by atoms with van der Waals surface area (Å²) in [6, 6.07) is 27.8. The highest BCUT2D eigenvalue weighted by molar-refractivity contribution is 7.98. The number of halogens is 1. The lowest BCUT2D eigenvalue weighted by Crippen LogP contribution is -2.40. The molecule has 4 aromatic carbocycles. The number of amides is 1. The average molecular weight is 535 g/mol. The lowest BCUT2D eigenvalue weighted by molar-refractivity contribution is -0.114. The van der Waals surface area contributed by atoms with Gasteiger partial charge in [0, 0.05) is 32.5 Å². The van der Waals surface area contributed by atoms with Crippen molar-refractivity contribution < 1.29 is 13.2 Å². The van der Waals surface area contributed by atoms with Gasteiger partial charge in [0.15, 0.2) is 0 Å². The Morgan fingerprint density at radius 2 is 1.67 bits per heavy atom. The summed E-state index contributed by atoms with van der Waals surface area (Å²) in [6.07, 6.45) is 0. The third-order valence-corrected chi connectivity index (χ3v) is 9.11. The highest BCUT2D eigenvalue weighted by atomic mass is 35.5. The number of benzene rings is 4. The molecule has 0 unspecified atom stereocenters. The fourth-order valence-electron chi connectivity index (χ4n) is 4.23. The van der Waals surface area contributed by atoms with Gasteiger partial charge >= 0.3 is 0 Å². The topological polar surface area (TPSA) is 66.5 Å². The molecule has 0 radical (unpaired) electrons. The van der Waals surface area contributed by atoms with Crippen molar-refractivity contribution in [3.05, 3.63) is 107 Å². The van der Waals surface area contributed by atoms with E-state index in [0.717, 1.165) is 21.2 Å². The molecule has 1 amide bonds. The molecule has 0 atom stereocenters. The van der Waals surface area contributed by atoms with Gasteiger partial charge in [0.05, 0.1) is 10.6 Å². The number of hydrogen-bond donors (Lipinski definition) is 1. The van der Waals surface area contributed by atoms with Crippen LogP contribution in [0.15, 0.2) is 101 Å². The monoisotopic (exact) mass is 534 g/mol. The van der Waals surface area contributed by atoms with Crippen LogP contribution >= 0.6 is 23.4 Å². The molecule has 1 aliphatic heterocycles. The summed E-state index contributed by atoms with van der Waals surface area (Å²) in [5.74, 6) is 0.387. The van der Waals surface area contributed by atoms with E-state index in [1.54, 1.807) is 54.2 Å². The second-order valence-corrected chi connectivity index (χ2v) is 11.8. The zero-order valence-electron chi connectivity index (χ0n) is 19.4. The van der Waals surface area contributed by atoms with Gasteiger partial charge in [-0.15, -0.1) is 11.8 Å². The normalized spacial score (nSPS) is 13.6. The van der Waals surface area contributed by atoms with E-state index in [9.17, 15) is 13.2 Å². The smallest absolute Gasteiger partial charge is 0.265 e. The van der Waals surface area contributed by atoms with Gasteiger partial charge in [-0.05, 0) is 60.5 Å². The Hall–Kier alpha value is -3.26. The van der Waals surface area contributed by atoms with Crippen molar-refractivity contribution >= 4 is 50.7 Å². The molecule has 0 spiro atoms. The van der Waals surface area contributed by atoms with Crippen LogP contribution in [0.2, 0.25) is 5.02 Å². The van der Waals surface area contributed by atoms with E-state index in [1.165, 1.54) is 4.90 Å². The average Bonchev–Trinajstić information content (AvgIpc) is 2.87. The number of hydrogen-bond acceptors (Lipinski definition) is 4. The number of fused-ring (bicyclic) bond motifs is 3. The molecule has 1 heterocycles. The molecule has 0 bridgehead atoms. The van der Waals surface area contributed by atoms with Gasteiger partial charge in [-0.25, -0.2) is 8.42 Å². The minimum Gasteiger partial charge on any atom is -0.324 e. The van der Waals surface area contributed by atoms with E-state index < -0.39 is 15.9 Å². The van der Waals surface area contributed by atoms with Crippen LogP contribution in [0.5, 0.6) is 0 Å². The molecule has 1 N–H and O–H groups in total. The molecule has 182 valence electrons. The Bertz CT molecular complexity index is 1560. The summed E-state index contributed by atoms with van der Waals surface area (Å²) in [6.45, 7) is 1.58. The summed E-state index contributed by atoms with van der Waals surface area (Å²) in [7, 11) is -3.92. The van der Waals surface area contributed by atoms with Crippen LogP contribution in [0.1, 0.15) is 11.1 Å². The fraction of sp³-hybridized carbons (Fsp3) is 0.107. The van der Waals surface area contributed by atoms with Gasteiger partial charge in [-0.2, -0.15) is 0 Å². The molecule has 36 heavy (non-hydrogen) atoms. The van der Waals surface area contributed by atoms with Crippen molar-refractivity contribution in [1.29, 1.82) is 0 Å². The summed E-state index contributed by atoms with van der Waals surface area (Å²) in [5, 5.41) is 3.38. The number of nitrogens with one attached hydrogen (secondary N) is 1. The van der Waals surface area contributed by atoms with Gasteiger partial charge in [-0.1, -0.05) is 60.1 Å². The Morgan fingerprint density at radius 1 is 0.917 bits per heavy atom. The standard InChI is InChI=1S/C28H23ClN2O3S2/c1-19-15-20(18-35-22-7-3-2-4-8-22)11-13-25(19)30-28(32)17-31-26-14-12-21(29)16-24(26)23-9-5-6-10-27(23)36(31,33)34/h2-16H,17-18H2,1H3,(H,30,32). The molecular weight excluding hydrogens is 512 g/mol. The number of rotatable bonds is 6. The first-order valence-electron chi connectivity index (χ1n) is 11.3.